The third-order valence-electron chi connectivity index (χ3n) is 2.30. The minimum Gasteiger partial charge on any atom is -0.508 e. The van der Waals surface area contributed by atoms with Gasteiger partial charge in [0.05, 0.1) is 10.6 Å². The van der Waals surface area contributed by atoms with Gasteiger partial charge in [-0.2, -0.15) is 0 Å². The van der Waals surface area contributed by atoms with E-state index in [1.165, 1.54) is 36.4 Å². The third-order valence-corrected chi connectivity index (χ3v) is 4.56. The van der Waals surface area contributed by atoms with E-state index >= 15 is 0 Å². The zero-order valence-corrected chi connectivity index (χ0v) is 12.4. The van der Waals surface area contributed by atoms with Crippen molar-refractivity contribution in [3.63, 3.8) is 0 Å². The number of phenolic OH excluding ortho intramolecular Hbond substituents is 1. The number of sulfonamides is 1. The Morgan fingerprint density at radius 2 is 1.89 bits per heavy atom. The van der Waals surface area contributed by atoms with Crippen molar-refractivity contribution in [3.8, 4) is 5.75 Å². The van der Waals surface area contributed by atoms with E-state index in [-0.39, 0.29) is 16.3 Å². The van der Waals surface area contributed by atoms with Crippen LogP contribution in [0.25, 0.3) is 0 Å². The fourth-order valence-corrected chi connectivity index (χ4v) is 3.34. The van der Waals surface area contributed by atoms with E-state index in [2.05, 4.69) is 4.72 Å². The number of halogens is 2. The molecule has 2 N–H and O–H groups in total. The molecule has 0 aliphatic carbocycles. The van der Waals surface area contributed by atoms with Gasteiger partial charge in [0.1, 0.15) is 11.6 Å². The van der Waals surface area contributed by atoms with E-state index in [9.17, 15) is 17.9 Å². The van der Waals surface area contributed by atoms with Crippen LogP contribution in [0.1, 0.15) is 0 Å². The lowest BCUT2D eigenvalue weighted by Crippen LogP contribution is -2.13. The fraction of sp³-hybridized carbons (Fsp3) is 0. The summed E-state index contributed by atoms with van der Waals surface area (Å²) < 4.78 is 39.9. The van der Waals surface area contributed by atoms with Crippen LogP contribution in [-0.2, 0) is 10.0 Å². The Morgan fingerprint density at radius 1 is 1.16 bits per heavy atom. The van der Waals surface area contributed by atoms with Gasteiger partial charge < -0.3 is 5.11 Å². The van der Waals surface area contributed by atoms with Crippen LogP contribution < -0.4 is 4.72 Å². The van der Waals surface area contributed by atoms with Crippen LogP contribution in [0.2, 0.25) is 0 Å². The molecule has 0 amide bonds. The average Bonchev–Trinajstić information content (AvgIpc) is 2.33. The Bertz CT molecular complexity index is 719. The third kappa shape index (κ3) is 3.35. The summed E-state index contributed by atoms with van der Waals surface area (Å²) in [6.07, 6.45) is 0. The number of hydrogen-bond donors (Lipinski definition) is 2. The van der Waals surface area contributed by atoms with E-state index in [0.717, 1.165) is 6.07 Å². The lowest BCUT2D eigenvalue weighted by molar-refractivity contribution is 0.473. The maximum Gasteiger partial charge on any atom is 0.262 e. The molecule has 2 rings (SSSR count). The summed E-state index contributed by atoms with van der Waals surface area (Å²) >= 11 is 1.84. The number of anilines is 1. The maximum atomic E-state index is 12.9. The van der Waals surface area contributed by atoms with Gasteiger partial charge >= 0.3 is 0 Å². The minimum absolute atomic E-state index is 0.0624. The maximum absolute atomic E-state index is 12.9. The summed E-state index contributed by atoms with van der Waals surface area (Å²) in [5.74, 6) is -0.582. The molecule has 0 saturated carbocycles. The van der Waals surface area contributed by atoms with Crippen molar-refractivity contribution in [2.75, 3.05) is 4.72 Å². The van der Waals surface area contributed by atoms with Crippen LogP contribution in [-0.4, -0.2) is 13.5 Å². The Balaban J connectivity index is 2.36. The molecule has 0 aliphatic heterocycles. The standard InChI is InChI=1S/C12H9FINO3S/c13-8-4-5-12(11(14)6-8)15-19(17,18)10-3-1-2-9(16)7-10/h1-7,15-16H. The number of nitrogens with one attached hydrogen (secondary N) is 1. The number of aromatic hydroxyl groups is 1. The van der Waals surface area contributed by atoms with Crippen LogP contribution in [0.3, 0.4) is 0 Å². The monoisotopic (exact) mass is 393 g/mol. The summed E-state index contributed by atoms with van der Waals surface area (Å²) in [4.78, 5) is -0.0624. The van der Waals surface area contributed by atoms with Crippen molar-refractivity contribution >= 4 is 38.3 Å². The molecule has 0 aromatic heterocycles. The second-order valence-electron chi connectivity index (χ2n) is 3.73. The molecule has 0 unspecified atom stereocenters. The lowest BCUT2D eigenvalue weighted by atomic mass is 10.3. The van der Waals surface area contributed by atoms with Crippen LogP contribution in [0, 0.1) is 9.39 Å². The summed E-state index contributed by atoms with van der Waals surface area (Å²) in [6.45, 7) is 0. The predicted molar refractivity (Wildman–Crippen MR) is 78.0 cm³/mol. The van der Waals surface area contributed by atoms with E-state index in [0.29, 0.717) is 3.57 Å². The van der Waals surface area contributed by atoms with Crippen molar-refractivity contribution in [1.29, 1.82) is 0 Å². The normalized spacial score (nSPS) is 11.3. The first kappa shape index (κ1) is 14.1. The number of phenols is 1. The molecule has 2 aromatic rings. The van der Waals surface area contributed by atoms with Crippen LogP contribution in [0.5, 0.6) is 5.75 Å². The summed E-state index contributed by atoms with van der Waals surface area (Å²) in [5, 5.41) is 9.29. The zero-order valence-electron chi connectivity index (χ0n) is 9.47. The second-order valence-corrected chi connectivity index (χ2v) is 6.57. The number of benzene rings is 2. The molecule has 0 atom stereocenters. The Kier molecular flexibility index (Phi) is 3.95. The van der Waals surface area contributed by atoms with E-state index < -0.39 is 15.8 Å². The molecule has 0 radical (unpaired) electrons. The smallest absolute Gasteiger partial charge is 0.262 e. The van der Waals surface area contributed by atoms with Gasteiger partial charge in [0, 0.05) is 9.64 Å². The Morgan fingerprint density at radius 3 is 2.53 bits per heavy atom. The van der Waals surface area contributed by atoms with Crippen molar-refractivity contribution in [2.45, 2.75) is 4.90 Å². The minimum atomic E-state index is -3.81. The molecular weight excluding hydrogens is 384 g/mol. The molecule has 0 spiro atoms. The highest BCUT2D eigenvalue weighted by molar-refractivity contribution is 14.1. The molecule has 7 heteroatoms. The first-order chi connectivity index (χ1) is 8.88. The molecular formula is C12H9FINO3S. The molecule has 0 saturated heterocycles. The quantitative estimate of drug-likeness (QED) is 0.789. The largest absolute Gasteiger partial charge is 0.508 e. The molecule has 0 aliphatic rings. The Labute approximate surface area is 123 Å². The Hall–Kier alpha value is -1.35. The molecule has 19 heavy (non-hydrogen) atoms. The lowest BCUT2D eigenvalue weighted by Gasteiger charge is -2.10. The van der Waals surface area contributed by atoms with Crippen molar-refractivity contribution < 1.29 is 17.9 Å². The number of hydrogen-bond acceptors (Lipinski definition) is 3. The van der Waals surface area contributed by atoms with Gasteiger partial charge in [0.2, 0.25) is 0 Å². The van der Waals surface area contributed by atoms with Gasteiger partial charge in [0.25, 0.3) is 10.0 Å². The van der Waals surface area contributed by atoms with Crippen molar-refractivity contribution in [2.24, 2.45) is 0 Å². The highest BCUT2D eigenvalue weighted by Gasteiger charge is 2.16. The average molecular weight is 393 g/mol. The molecule has 4 nitrogen and oxygen atoms in total. The van der Waals surface area contributed by atoms with Gasteiger partial charge in [0.15, 0.2) is 0 Å². The van der Waals surface area contributed by atoms with E-state index in [1.807, 2.05) is 22.6 Å². The summed E-state index contributed by atoms with van der Waals surface area (Å²) in [5.41, 5.74) is 0.283. The molecule has 0 bridgehead atoms. The van der Waals surface area contributed by atoms with Crippen LogP contribution >= 0.6 is 22.6 Å². The second kappa shape index (κ2) is 5.33. The fourth-order valence-electron chi connectivity index (χ4n) is 1.43. The first-order valence-corrected chi connectivity index (χ1v) is 7.71. The highest BCUT2D eigenvalue weighted by atomic mass is 127. The SMILES string of the molecule is O=S(=O)(Nc1ccc(F)cc1I)c1cccc(O)c1. The van der Waals surface area contributed by atoms with Crippen molar-refractivity contribution in [3.05, 3.63) is 51.9 Å². The van der Waals surface area contributed by atoms with Crippen LogP contribution in [0.15, 0.2) is 47.4 Å². The number of rotatable bonds is 3. The summed E-state index contributed by atoms with van der Waals surface area (Å²) in [6, 6.07) is 9.04. The topological polar surface area (TPSA) is 66.4 Å². The van der Waals surface area contributed by atoms with Gasteiger partial charge in [-0.1, -0.05) is 6.07 Å². The van der Waals surface area contributed by atoms with E-state index in [1.54, 1.807) is 0 Å². The first-order valence-electron chi connectivity index (χ1n) is 5.15. The van der Waals surface area contributed by atoms with Gasteiger partial charge in [-0.25, -0.2) is 12.8 Å². The van der Waals surface area contributed by atoms with Gasteiger partial charge in [-0.15, -0.1) is 0 Å². The summed E-state index contributed by atoms with van der Waals surface area (Å²) in [7, 11) is -3.81. The van der Waals surface area contributed by atoms with Gasteiger partial charge in [-0.3, -0.25) is 4.72 Å². The molecule has 0 fully saturated rings. The zero-order chi connectivity index (χ0) is 14.0. The molecule has 2 aromatic carbocycles. The predicted octanol–water partition coefficient (Wildman–Crippen LogP) is 2.94. The highest BCUT2D eigenvalue weighted by Crippen LogP contribution is 2.23. The van der Waals surface area contributed by atoms with E-state index in [4.69, 9.17) is 0 Å². The molecule has 100 valence electrons. The molecule has 0 heterocycles. The van der Waals surface area contributed by atoms with Crippen molar-refractivity contribution in [1.82, 2.24) is 0 Å². The van der Waals surface area contributed by atoms with Gasteiger partial charge in [-0.05, 0) is 52.9 Å². The van der Waals surface area contributed by atoms with Crippen LogP contribution in [0.4, 0.5) is 10.1 Å².